The van der Waals surface area contributed by atoms with E-state index in [4.69, 9.17) is 0 Å². The van der Waals surface area contributed by atoms with E-state index in [2.05, 4.69) is 26.2 Å². The van der Waals surface area contributed by atoms with Crippen LogP contribution in [0, 0.1) is 6.92 Å². The summed E-state index contributed by atoms with van der Waals surface area (Å²) >= 11 is 4.97. The molecule has 0 aliphatic rings. The molecular weight excluding hydrogens is 324 g/mol. The Hall–Kier alpha value is -1.20. The first-order valence-corrected chi connectivity index (χ1v) is 7.87. The van der Waals surface area contributed by atoms with Crippen LogP contribution >= 0.6 is 27.3 Å². The van der Waals surface area contributed by atoms with Crippen LogP contribution in [0.1, 0.15) is 18.4 Å². The fourth-order valence-electron chi connectivity index (χ4n) is 1.66. The Morgan fingerprint density at radius 2 is 2.32 bits per heavy atom. The number of nitrogens with zero attached hydrogens (tertiary/aromatic N) is 1. The summed E-state index contributed by atoms with van der Waals surface area (Å²) in [6, 6.07) is 7.75. The highest BCUT2D eigenvalue weighted by molar-refractivity contribution is 9.10. The van der Waals surface area contributed by atoms with Gasteiger partial charge in [0.1, 0.15) is 0 Å². The number of thiazole rings is 1. The van der Waals surface area contributed by atoms with Gasteiger partial charge in [-0.25, -0.2) is 4.98 Å². The summed E-state index contributed by atoms with van der Waals surface area (Å²) in [5.74, 6) is -0.0193. The van der Waals surface area contributed by atoms with E-state index in [0.29, 0.717) is 0 Å². The SMILES string of the molecule is CCC(Br)C(=O)Nc1cccc(-c2csc(C)n2)c1. The molecule has 100 valence electrons. The van der Waals surface area contributed by atoms with Crippen molar-refractivity contribution < 1.29 is 4.79 Å². The number of carbonyl (C=O) groups is 1. The van der Waals surface area contributed by atoms with Crippen LogP contribution in [0.15, 0.2) is 29.6 Å². The molecule has 1 unspecified atom stereocenters. The second-order valence-corrected chi connectivity index (χ2v) is 6.37. The van der Waals surface area contributed by atoms with Crippen molar-refractivity contribution in [3.8, 4) is 11.3 Å². The highest BCUT2D eigenvalue weighted by atomic mass is 79.9. The molecule has 0 bridgehead atoms. The van der Waals surface area contributed by atoms with Crippen molar-refractivity contribution in [2.45, 2.75) is 25.1 Å². The number of nitrogens with one attached hydrogen (secondary N) is 1. The first-order chi connectivity index (χ1) is 9.10. The Kier molecular flexibility index (Phi) is 4.71. The lowest BCUT2D eigenvalue weighted by Gasteiger charge is -2.09. The maximum Gasteiger partial charge on any atom is 0.238 e. The molecule has 1 aromatic carbocycles. The molecule has 0 saturated heterocycles. The Labute approximate surface area is 125 Å². The van der Waals surface area contributed by atoms with Crippen molar-refractivity contribution >= 4 is 38.9 Å². The van der Waals surface area contributed by atoms with Gasteiger partial charge >= 0.3 is 0 Å². The molecule has 0 aliphatic heterocycles. The number of amides is 1. The molecule has 1 amide bonds. The fourth-order valence-corrected chi connectivity index (χ4v) is 2.39. The van der Waals surface area contributed by atoms with Crippen LogP contribution in [-0.2, 0) is 4.79 Å². The second kappa shape index (κ2) is 6.30. The van der Waals surface area contributed by atoms with Gasteiger partial charge in [-0.2, -0.15) is 0 Å². The largest absolute Gasteiger partial charge is 0.325 e. The lowest BCUT2D eigenvalue weighted by atomic mass is 10.1. The standard InChI is InChI=1S/C14H15BrN2OS/c1-3-12(15)14(18)17-11-6-4-5-10(7-11)13-8-19-9(2)16-13/h4-8,12H,3H2,1-2H3,(H,17,18). The molecule has 0 fully saturated rings. The Morgan fingerprint density at radius 3 is 2.95 bits per heavy atom. The first kappa shape index (κ1) is 14.2. The van der Waals surface area contributed by atoms with Gasteiger partial charge in [-0.3, -0.25) is 4.79 Å². The van der Waals surface area contributed by atoms with Crippen LogP contribution in [-0.4, -0.2) is 15.7 Å². The smallest absolute Gasteiger partial charge is 0.238 e. The number of hydrogen-bond acceptors (Lipinski definition) is 3. The van der Waals surface area contributed by atoms with Gasteiger partial charge in [0, 0.05) is 16.6 Å². The average Bonchev–Trinajstić information content (AvgIpc) is 2.84. The highest BCUT2D eigenvalue weighted by Gasteiger charge is 2.12. The lowest BCUT2D eigenvalue weighted by molar-refractivity contribution is -0.115. The number of hydrogen-bond donors (Lipinski definition) is 1. The zero-order chi connectivity index (χ0) is 13.8. The van der Waals surface area contributed by atoms with Crippen LogP contribution in [0.5, 0.6) is 0 Å². The van der Waals surface area contributed by atoms with Gasteiger partial charge in [-0.05, 0) is 25.5 Å². The molecule has 1 aromatic heterocycles. The van der Waals surface area contributed by atoms with Crippen molar-refractivity contribution in [2.75, 3.05) is 5.32 Å². The van der Waals surface area contributed by atoms with Crippen LogP contribution in [0.4, 0.5) is 5.69 Å². The van der Waals surface area contributed by atoms with Gasteiger partial charge in [-0.1, -0.05) is 35.0 Å². The van der Waals surface area contributed by atoms with Crippen molar-refractivity contribution in [3.05, 3.63) is 34.7 Å². The highest BCUT2D eigenvalue weighted by Crippen LogP contribution is 2.24. The van der Waals surface area contributed by atoms with Gasteiger partial charge in [0.2, 0.25) is 5.91 Å². The molecule has 0 radical (unpaired) electrons. The normalized spacial score (nSPS) is 12.2. The number of carbonyl (C=O) groups excluding carboxylic acids is 1. The van der Waals surface area contributed by atoms with Crippen LogP contribution in [0.3, 0.4) is 0 Å². The van der Waals surface area contributed by atoms with E-state index in [1.807, 2.05) is 43.5 Å². The summed E-state index contributed by atoms with van der Waals surface area (Å²) < 4.78 is 0. The Morgan fingerprint density at radius 1 is 1.53 bits per heavy atom. The van der Waals surface area contributed by atoms with Gasteiger partial charge in [0.15, 0.2) is 0 Å². The van der Waals surface area contributed by atoms with Crippen molar-refractivity contribution in [1.29, 1.82) is 0 Å². The minimum absolute atomic E-state index is 0.0193. The van der Waals surface area contributed by atoms with Crippen molar-refractivity contribution in [3.63, 3.8) is 0 Å². The van der Waals surface area contributed by atoms with E-state index < -0.39 is 0 Å². The summed E-state index contributed by atoms with van der Waals surface area (Å²) in [7, 11) is 0. The van der Waals surface area contributed by atoms with E-state index in [9.17, 15) is 4.79 Å². The number of anilines is 1. The van der Waals surface area contributed by atoms with Crippen LogP contribution in [0.25, 0.3) is 11.3 Å². The number of aromatic nitrogens is 1. The van der Waals surface area contributed by atoms with E-state index in [-0.39, 0.29) is 10.7 Å². The van der Waals surface area contributed by atoms with Crippen molar-refractivity contribution in [1.82, 2.24) is 4.98 Å². The number of rotatable bonds is 4. The summed E-state index contributed by atoms with van der Waals surface area (Å²) in [5.41, 5.74) is 2.76. The maximum atomic E-state index is 11.8. The molecule has 2 aromatic rings. The average molecular weight is 339 g/mol. The predicted octanol–water partition coefficient (Wildman–Crippen LogP) is 4.23. The summed E-state index contributed by atoms with van der Waals surface area (Å²) in [5, 5.41) is 5.96. The van der Waals surface area contributed by atoms with E-state index in [0.717, 1.165) is 28.4 Å². The zero-order valence-corrected chi connectivity index (χ0v) is 13.2. The van der Waals surface area contributed by atoms with E-state index in [1.165, 1.54) is 0 Å². The van der Waals surface area contributed by atoms with E-state index >= 15 is 0 Å². The molecule has 0 aliphatic carbocycles. The van der Waals surface area contributed by atoms with Crippen molar-refractivity contribution in [2.24, 2.45) is 0 Å². The van der Waals surface area contributed by atoms with Gasteiger partial charge in [0.05, 0.1) is 15.5 Å². The molecule has 1 atom stereocenters. The molecule has 1 heterocycles. The third kappa shape index (κ3) is 3.64. The summed E-state index contributed by atoms with van der Waals surface area (Å²) in [6.45, 7) is 3.95. The predicted molar refractivity (Wildman–Crippen MR) is 83.9 cm³/mol. The molecule has 2 rings (SSSR count). The van der Waals surface area contributed by atoms with E-state index in [1.54, 1.807) is 11.3 Å². The molecular formula is C14H15BrN2OS. The number of alkyl halides is 1. The summed E-state index contributed by atoms with van der Waals surface area (Å²) in [6.07, 6.45) is 0.761. The third-order valence-corrected chi connectivity index (χ3v) is 4.52. The first-order valence-electron chi connectivity index (χ1n) is 6.07. The van der Waals surface area contributed by atoms with Crippen LogP contribution in [0.2, 0.25) is 0 Å². The summed E-state index contributed by atoms with van der Waals surface area (Å²) in [4.78, 5) is 16.1. The molecule has 5 heteroatoms. The topological polar surface area (TPSA) is 42.0 Å². The minimum Gasteiger partial charge on any atom is -0.325 e. The number of benzene rings is 1. The second-order valence-electron chi connectivity index (χ2n) is 4.20. The van der Waals surface area contributed by atoms with Crippen LogP contribution < -0.4 is 5.32 Å². The van der Waals surface area contributed by atoms with Gasteiger partial charge in [-0.15, -0.1) is 11.3 Å². The number of halogens is 1. The zero-order valence-electron chi connectivity index (χ0n) is 10.8. The number of aryl methyl sites for hydroxylation is 1. The third-order valence-electron chi connectivity index (χ3n) is 2.69. The molecule has 3 nitrogen and oxygen atoms in total. The molecule has 1 N–H and O–H groups in total. The molecule has 0 spiro atoms. The Bertz CT molecular complexity index is 582. The minimum atomic E-state index is -0.155. The molecule has 0 saturated carbocycles. The lowest BCUT2D eigenvalue weighted by Crippen LogP contribution is -2.21. The maximum absolute atomic E-state index is 11.8. The molecule has 19 heavy (non-hydrogen) atoms. The van der Waals surface area contributed by atoms with Gasteiger partial charge in [0.25, 0.3) is 0 Å². The quantitative estimate of drug-likeness (QED) is 0.847. The van der Waals surface area contributed by atoms with Gasteiger partial charge < -0.3 is 5.32 Å². The fraction of sp³-hybridized carbons (Fsp3) is 0.286. The Balaban J connectivity index is 2.18. The monoisotopic (exact) mass is 338 g/mol.